The lowest BCUT2D eigenvalue weighted by Gasteiger charge is -2.21. The second kappa shape index (κ2) is 6.90. The van der Waals surface area contributed by atoms with E-state index in [1.165, 1.54) is 0 Å². The van der Waals surface area contributed by atoms with E-state index in [4.69, 9.17) is 5.73 Å². The zero-order valence-electron chi connectivity index (χ0n) is 12.9. The second-order valence-electron chi connectivity index (χ2n) is 6.02. The van der Waals surface area contributed by atoms with E-state index in [1.54, 1.807) is 12.1 Å². The minimum absolute atomic E-state index is 0.0590. The summed E-state index contributed by atoms with van der Waals surface area (Å²) in [4.78, 5) is 0.343. The molecule has 0 saturated heterocycles. The van der Waals surface area contributed by atoms with Crippen molar-refractivity contribution in [1.29, 1.82) is 0 Å². The van der Waals surface area contributed by atoms with Crippen LogP contribution in [-0.2, 0) is 16.4 Å². The number of nitrogens with two attached hydrogens (primary N) is 1. The summed E-state index contributed by atoms with van der Waals surface area (Å²) < 4.78 is 27.8. The van der Waals surface area contributed by atoms with E-state index in [2.05, 4.69) is 18.6 Å². The first-order valence-corrected chi connectivity index (χ1v) is 9.27. The van der Waals surface area contributed by atoms with Crippen LogP contribution < -0.4 is 10.5 Å². The Hall–Kier alpha value is -0.910. The van der Waals surface area contributed by atoms with Crippen molar-refractivity contribution >= 4 is 10.0 Å². The molecule has 0 aromatic heterocycles. The molecule has 5 heteroatoms. The summed E-state index contributed by atoms with van der Waals surface area (Å²) >= 11 is 0. The fourth-order valence-corrected chi connectivity index (χ4v) is 4.62. The summed E-state index contributed by atoms with van der Waals surface area (Å²) in [5.41, 5.74) is 6.57. The predicted molar refractivity (Wildman–Crippen MR) is 85.5 cm³/mol. The van der Waals surface area contributed by atoms with E-state index >= 15 is 0 Å². The molecule has 1 fully saturated rings. The molecule has 3 atom stereocenters. The maximum Gasteiger partial charge on any atom is 0.240 e. The average molecular weight is 310 g/mol. The Bertz CT molecular complexity index is 554. The summed E-state index contributed by atoms with van der Waals surface area (Å²) in [7, 11) is -3.42. The van der Waals surface area contributed by atoms with Crippen molar-refractivity contribution in [2.24, 2.45) is 17.6 Å². The van der Waals surface area contributed by atoms with Crippen LogP contribution in [0.15, 0.2) is 29.2 Å². The lowest BCUT2D eigenvalue weighted by molar-refractivity contribution is 0.368. The van der Waals surface area contributed by atoms with Gasteiger partial charge in [-0.2, -0.15) is 0 Å². The molecule has 0 aliphatic heterocycles. The number of sulfonamides is 1. The van der Waals surface area contributed by atoms with Crippen molar-refractivity contribution in [1.82, 2.24) is 4.72 Å². The van der Waals surface area contributed by atoms with Gasteiger partial charge in [0.1, 0.15) is 0 Å². The van der Waals surface area contributed by atoms with E-state index in [0.717, 1.165) is 31.2 Å². The minimum atomic E-state index is -3.42. The van der Waals surface area contributed by atoms with Gasteiger partial charge in [-0.05, 0) is 55.3 Å². The van der Waals surface area contributed by atoms with Crippen LogP contribution >= 0.6 is 0 Å². The Morgan fingerprint density at radius 1 is 1.24 bits per heavy atom. The van der Waals surface area contributed by atoms with Gasteiger partial charge in [0.25, 0.3) is 0 Å². The smallest absolute Gasteiger partial charge is 0.240 e. The number of benzene rings is 1. The molecule has 4 nitrogen and oxygen atoms in total. The first-order valence-electron chi connectivity index (χ1n) is 7.79. The zero-order chi connectivity index (χ0) is 15.5. The SMILES string of the molecule is CCC1CCC(NS(=O)(=O)c2ccc(CCN)cc2)C1C. The number of nitrogens with one attached hydrogen (secondary N) is 1. The molecule has 0 heterocycles. The predicted octanol–water partition coefficient (Wildman–Crippen LogP) is 2.29. The van der Waals surface area contributed by atoms with E-state index in [1.807, 2.05) is 12.1 Å². The van der Waals surface area contributed by atoms with E-state index < -0.39 is 10.0 Å². The fourth-order valence-electron chi connectivity index (χ4n) is 3.26. The quantitative estimate of drug-likeness (QED) is 0.847. The third kappa shape index (κ3) is 3.84. The third-order valence-corrected chi connectivity index (χ3v) is 6.23. The third-order valence-electron chi connectivity index (χ3n) is 4.72. The normalized spacial score (nSPS) is 26.1. The molecule has 21 heavy (non-hydrogen) atoms. The molecule has 1 saturated carbocycles. The number of hydrogen-bond donors (Lipinski definition) is 2. The highest BCUT2D eigenvalue weighted by Gasteiger charge is 2.34. The van der Waals surface area contributed by atoms with Gasteiger partial charge in [-0.3, -0.25) is 0 Å². The monoisotopic (exact) mass is 310 g/mol. The zero-order valence-corrected chi connectivity index (χ0v) is 13.7. The van der Waals surface area contributed by atoms with Crippen molar-refractivity contribution in [3.8, 4) is 0 Å². The largest absolute Gasteiger partial charge is 0.330 e. The summed E-state index contributed by atoms with van der Waals surface area (Å²) in [6, 6.07) is 7.08. The van der Waals surface area contributed by atoms with Crippen molar-refractivity contribution < 1.29 is 8.42 Å². The van der Waals surface area contributed by atoms with Gasteiger partial charge >= 0.3 is 0 Å². The molecule has 1 aliphatic carbocycles. The average Bonchev–Trinajstić information content (AvgIpc) is 2.80. The molecular weight excluding hydrogens is 284 g/mol. The van der Waals surface area contributed by atoms with Crippen LogP contribution in [-0.4, -0.2) is 21.0 Å². The van der Waals surface area contributed by atoms with Crippen molar-refractivity contribution in [2.45, 2.75) is 50.5 Å². The van der Waals surface area contributed by atoms with Crippen LogP contribution in [0.2, 0.25) is 0 Å². The molecule has 1 aromatic rings. The summed E-state index contributed by atoms with van der Waals surface area (Å²) in [6.07, 6.45) is 3.93. The van der Waals surface area contributed by atoms with Gasteiger partial charge in [-0.1, -0.05) is 32.4 Å². The van der Waals surface area contributed by atoms with E-state index in [-0.39, 0.29) is 6.04 Å². The molecule has 118 valence electrons. The first kappa shape index (κ1) is 16.5. The molecule has 0 amide bonds. The Labute approximate surface area is 128 Å². The van der Waals surface area contributed by atoms with E-state index in [0.29, 0.717) is 23.3 Å². The van der Waals surface area contributed by atoms with Crippen molar-refractivity contribution in [3.63, 3.8) is 0 Å². The Balaban J connectivity index is 2.08. The molecule has 0 bridgehead atoms. The topological polar surface area (TPSA) is 72.2 Å². The van der Waals surface area contributed by atoms with Crippen LogP contribution in [0.3, 0.4) is 0 Å². The molecule has 3 unspecified atom stereocenters. The molecule has 3 N–H and O–H groups in total. The maximum atomic E-state index is 12.5. The molecule has 0 spiro atoms. The number of hydrogen-bond acceptors (Lipinski definition) is 3. The minimum Gasteiger partial charge on any atom is -0.330 e. The Morgan fingerprint density at radius 2 is 1.90 bits per heavy atom. The fraction of sp³-hybridized carbons (Fsp3) is 0.625. The highest BCUT2D eigenvalue weighted by molar-refractivity contribution is 7.89. The lowest BCUT2D eigenvalue weighted by Crippen LogP contribution is -2.37. The summed E-state index contributed by atoms with van der Waals surface area (Å²) in [5, 5.41) is 0. The highest BCUT2D eigenvalue weighted by Crippen LogP contribution is 2.34. The van der Waals surface area contributed by atoms with Crippen LogP contribution in [0.1, 0.15) is 38.7 Å². The Morgan fingerprint density at radius 3 is 2.43 bits per heavy atom. The maximum absolute atomic E-state index is 12.5. The van der Waals surface area contributed by atoms with Crippen LogP contribution in [0.25, 0.3) is 0 Å². The van der Waals surface area contributed by atoms with Gasteiger partial charge in [-0.25, -0.2) is 13.1 Å². The summed E-state index contributed by atoms with van der Waals surface area (Å²) in [6.45, 7) is 4.90. The van der Waals surface area contributed by atoms with Crippen LogP contribution in [0, 0.1) is 11.8 Å². The van der Waals surface area contributed by atoms with Crippen LogP contribution in [0.4, 0.5) is 0 Å². The van der Waals surface area contributed by atoms with Gasteiger partial charge in [0.2, 0.25) is 10.0 Å². The van der Waals surface area contributed by atoms with Crippen molar-refractivity contribution in [3.05, 3.63) is 29.8 Å². The van der Waals surface area contributed by atoms with Gasteiger partial charge in [0.05, 0.1) is 4.90 Å². The highest BCUT2D eigenvalue weighted by atomic mass is 32.2. The van der Waals surface area contributed by atoms with Gasteiger partial charge in [0.15, 0.2) is 0 Å². The van der Waals surface area contributed by atoms with Gasteiger partial charge < -0.3 is 5.73 Å². The summed E-state index contributed by atoms with van der Waals surface area (Å²) in [5.74, 6) is 1.03. The van der Waals surface area contributed by atoms with Gasteiger partial charge in [0, 0.05) is 6.04 Å². The Kier molecular flexibility index (Phi) is 5.41. The first-order chi connectivity index (χ1) is 9.97. The number of rotatable bonds is 6. The lowest BCUT2D eigenvalue weighted by atomic mass is 9.94. The van der Waals surface area contributed by atoms with E-state index in [9.17, 15) is 8.42 Å². The standard InChI is InChI=1S/C16H26N2O2S/c1-3-14-6-9-16(12(14)2)18-21(19,20)15-7-4-13(5-8-15)10-11-17/h4-5,7-8,12,14,16,18H,3,6,9-11,17H2,1-2H3. The molecule has 0 radical (unpaired) electrons. The molecule has 1 aliphatic rings. The van der Waals surface area contributed by atoms with Crippen LogP contribution in [0.5, 0.6) is 0 Å². The molecule has 2 rings (SSSR count). The molecular formula is C16H26N2O2S. The molecule has 1 aromatic carbocycles. The van der Waals surface area contributed by atoms with Crippen molar-refractivity contribution in [2.75, 3.05) is 6.54 Å². The van der Waals surface area contributed by atoms with Gasteiger partial charge in [-0.15, -0.1) is 0 Å². The second-order valence-corrected chi connectivity index (χ2v) is 7.73.